The molecule has 0 spiro atoms. The van der Waals surface area contributed by atoms with Crippen molar-refractivity contribution in [3.8, 4) is 0 Å². The molecule has 3 aromatic rings. The first kappa shape index (κ1) is 21.3. The fourth-order valence-corrected chi connectivity index (χ4v) is 3.49. The third-order valence-corrected chi connectivity index (χ3v) is 5.11. The molecule has 4 rings (SSSR count). The van der Waals surface area contributed by atoms with Gasteiger partial charge in [0.15, 0.2) is 5.58 Å². The number of nitro benzene ring substituents is 1. The molecule has 1 aliphatic heterocycles. The van der Waals surface area contributed by atoms with E-state index in [1.807, 2.05) is 12.1 Å². The number of amides is 1. The molecule has 1 amide bonds. The van der Waals surface area contributed by atoms with Crippen molar-refractivity contribution in [2.24, 2.45) is 0 Å². The fraction of sp³-hybridized carbons (Fsp3) is 0.238. The molecule has 0 saturated carbocycles. The van der Waals surface area contributed by atoms with Gasteiger partial charge in [-0.1, -0.05) is 12.1 Å². The summed E-state index contributed by atoms with van der Waals surface area (Å²) in [5, 5.41) is 11.3. The predicted molar refractivity (Wildman–Crippen MR) is 110 cm³/mol. The number of para-hydroxylation sites is 2. The van der Waals surface area contributed by atoms with E-state index in [0.717, 1.165) is 12.1 Å². The van der Waals surface area contributed by atoms with Crippen LogP contribution in [0.2, 0.25) is 0 Å². The van der Waals surface area contributed by atoms with Crippen molar-refractivity contribution in [2.75, 3.05) is 31.1 Å². The van der Waals surface area contributed by atoms with Crippen molar-refractivity contribution in [3.05, 3.63) is 70.1 Å². The molecule has 32 heavy (non-hydrogen) atoms. The van der Waals surface area contributed by atoms with Gasteiger partial charge in [0.2, 0.25) is 11.8 Å². The summed E-state index contributed by atoms with van der Waals surface area (Å²) in [6, 6.07) is 9.65. The number of carbonyl (C=O) groups excluding carboxylic acids is 1. The van der Waals surface area contributed by atoms with E-state index < -0.39 is 22.4 Å². The number of piperazine rings is 1. The van der Waals surface area contributed by atoms with E-state index in [1.165, 1.54) is 12.2 Å². The average Bonchev–Trinajstić information content (AvgIpc) is 3.19. The highest BCUT2D eigenvalue weighted by Crippen LogP contribution is 2.36. The Bertz CT molecular complexity index is 1160. The summed E-state index contributed by atoms with van der Waals surface area (Å²) in [7, 11) is 0. The van der Waals surface area contributed by atoms with Crippen molar-refractivity contribution in [1.82, 2.24) is 9.88 Å². The third kappa shape index (κ3) is 4.41. The number of nitro groups is 1. The van der Waals surface area contributed by atoms with Gasteiger partial charge in [0.25, 0.3) is 5.69 Å². The predicted octanol–water partition coefficient (Wildman–Crippen LogP) is 4.12. The van der Waals surface area contributed by atoms with Crippen molar-refractivity contribution in [2.45, 2.75) is 6.18 Å². The lowest BCUT2D eigenvalue weighted by Crippen LogP contribution is -2.48. The number of benzene rings is 2. The Morgan fingerprint density at radius 1 is 1.12 bits per heavy atom. The SMILES string of the molecule is O=C(/C=C/c1nc2ccccc2o1)N1CCN(c2ccc(C(F)(F)F)cc2[N+](=O)[O-])CC1. The number of hydrogen-bond acceptors (Lipinski definition) is 6. The maximum atomic E-state index is 12.9. The van der Waals surface area contributed by atoms with Crippen LogP contribution in [-0.4, -0.2) is 46.9 Å². The van der Waals surface area contributed by atoms with Crippen molar-refractivity contribution < 1.29 is 27.3 Å². The Hall–Kier alpha value is -3.89. The standard InChI is InChI=1S/C21H17F3N4O4/c22-21(23,24)14-5-6-16(17(13-14)28(30)31)26-9-11-27(12-10-26)20(29)8-7-19-25-15-3-1-2-4-18(15)32-19/h1-8,13H,9-12H2/b8-7+. The van der Waals surface area contributed by atoms with Crippen LogP contribution in [0.1, 0.15) is 11.5 Å². The van der Waals surface area contributed by atoms with Gasteiger partial charge in [-0.15, -0.1) is 0 Å². The third-order valence-electron chi connectivity index (χ3n) is 5.11. The summed E-state index contributed by atoms with van der Waals surface area (Å²) in [6.45, 7) is 1.01. The second-order valence-electron chi connectivity index (χ2n) is 7.12. The molecule has 11 heteroatoms. The Labute approximate surface area is 179 Å². The van der Waals surface area contributed by atoms with Crippen LogP contribution in [0, 0.1) is 10.1 Å². The fourth-order valence-electron chi connectivity index (χ4n) is 3.49. The molecule has 166 valence electrons. The number of aromatic nitrogens is 1. The number of nitrogens with zero attached hydrogens (tertiary/aromatic N) is 4. The van der Waals surface area contributed by atoms with Gasteiger partial charge in [0.1, 0.15) is 11.2 Å². The van der Waals surface area contributed by atoms with E-state index in [1.54, 1.807) is 21.9 Å². The number of halogens is 3. The molecule has 0 atom stereocenters. The Kier molecular flexibility index (Phi) is 5.56. The zero-order valence-corrected chi connectivity index (χ0v) is 16.6. The molecule has 2 aromatic carbocycles. The maximum absolute atomic E-state index is 12.9. The second-order valence-corrected chi connectivity index (χ2v) is 7.12. The van der Waals surface area contributed by atoms with E-state index >= 15 is 0 Å². The van der Waals surface area contributed by atoms with Crippen LogP contribution >= 0.6 is 0 Å². The van der Waals surface area contributed by atoms with Gasteiger partial charge in [-0.3, -0.25) is 14.9 Å². The zero-order chi connectivity index (χ0) is 22.9. The van der Waals surface area contributed by atoms with Gasteiger partial charge in [0, 0.05) is 44.4 Å². The average molecular weight is 446 g/mol. The van der Waals surface area contributed by atoms with Crippen LogP contribution in [0.3, 0.4) is 0 Å². The number of fused-ring (bicyclic) bond motifs is 1. The molecule has 1 aromatic heterocycles. The van der Waals surface area contributed by atoms with E-state index in [4.69, 9.17) is 4.42 Å². The topological polar surface area (TPSA) is 92.7 Å². The van der Waals surface area contributed by atoms with Crippen LogP contribution < -0.4 is 4.90 Å². The quantitative estimate of drug-likeness (QED) is 0.340. The summed E-state index contributed by atoms with van der Waals surface area (Å²) in [5.41, 5.74) is -0.323. The van der Waals surface area contributed by atoms with E-state index in [0.29, 0.717) is 23.1 Å². The summed E-state index contributed by atoms with van der Waals surface area (Å²) in [6.07, 6.45) is -1.87. The number of hydrogen-bond donors (Lipinski definition) is 0. The van der Waals surface area contributed by atoms with Gasteiger partial charge < -0.3 is 14.2 Å². The minimum atomic E-state index is -4.67. The minimum absolute atomic E-state index is 0.0946. The molecular weight excluding hydrogens is 429 g/mol. The van der Waals surface area contributed by atoms with Gasteiger partial charge in [-0.2, -0.15) is 13.2 Å². The first-order valence-corrected chi connectivity index (χ1v) is 9.65. The van der Waals surface area contributed by atoms with Gasteiger partial charge in [-0.25, -0.2) is 4.98 Å². The molecule has 0 unspecified atom stereocenters. The Balaban J connectivity index is 1.42. The monoisotopic (exact) mass is 446 g/mol. The zero-order valence-electron chi connectivity index (χ0n) is 16.6. The number of anilines is 1. The second kappa shape index (κ2) is 8.33. The number of alkyl halides is 3. The smallest absolute Gasteiger partial charge is 0.416 e. The summed E-state index contributed by atoms with van der Waals surface area (Å²) >= 11 is 0. The summed E-state index contributed by atoms with van der Waals surface area (Å²) < 4.78 is 44.2. The van der Waals surface area contributed by atoms with Crippen molar-refractivity contribution >= 4 is 34.5 Å². The lowest BCUT2D eigenvalue weighted by molar-refractivity contribution is -0.384. The van der Waals surface area contributed by atoms with Crippen LogP contribution in [0.4, 0.5) is 24.5 Å². The first-order chi connectivity index (χ1) is 15.2. The molecule has 2 heterocycles. The largest absolute Gasteiger partial charge is 0.437 e. The number of carbonyl (C=O) groups is 1. The molecular formula is C21H17F3N4O4. The normalized spacial score (nSPS) is 15.0. The van der Waals surface area contributed by atoms with Gasteiger partial charge >= 0.3 is 6.18 Å². The van der Waals surface area contributed by atoms with Crippen LogP contribution in [-0.2, 0) is 11.0 Å². The van der Waals surface area contributed by atoms with Crippen molar-refractivity contribution in [1.29, 1.82) is 0 Å². The Morgan fingerprint density at radius 3 is 2.50 bits per heavy atom. The van der Waals surface area contributed by atoms with Crippen LogP contribution in [0.25, 0.3) is 17.2 Å². The highest BCUT2D eigenvalue weighted by molar-refractivity contribution is 5.91. The molecule has 1 fully saturated rings. The summed E-state index contributed by atoms with van der Waals surface area (Å²) in [5.74, 6) is 0.00684. The molecule has 0 N–H and O–H groups in total. The molecule has 0 aliphatic carbocycles. The molecule has 8 nitrogen and oxygen atoms in total. The van der Waals surface area contributed by atoms with Crippen molar-refractivity contribution in [3.63, 3.8) is 0 Å². The molecule has 1 saturated heterocycles. The Morgan fingerprint density at radius 2 is 1.84 bits per heavy atom. The van der Waals surface area contributed by atoms with Crippen LogP contribution in [0.5, 0.6) is 0 Å². The minimum Gasteiger partial charge on any atom is -0.437 e. The summed E-state index contributed by atoms with van der Waals surface area (Å²) in [4.78, 5) is 30.4. The number of oxazole rings is 1. The highest BCUT2D eigenvalue weighted by Gasteiger charge is 2.34. The molecule has 1 aliphatic rings. The maximum Gasteiger partial charge on any atom is 0.416 e. The highest BCUT2D eigenvalue weighted by atomic mass is 19.4. The number of rotatable bonds is 4. The van der Waals surface area contributed by atoms with E-state index in [9.17, 15) is 28.1 Å². The lowest BCUT2D eigenvalue weighted by atomic mass is 10.1. The van der Waals surface area contributed by atoms with Gasteiger partial charge in [0.05, 0.1) is 10.5 Å². The van der Waals surface area contributed by atoms with Crippen LogP contribution in [0.15, 0.2) is 53.0 Å². The van der Waals surface area contributed by atoms with E-state index in [2.05, 4.69) is 4.98 Å². The molecule has 0 radical (unpaired) electrons. The first-order valence-electron chi connectivity index (χ1n) is 9.65. The lowest BCUT2D eigenvalue weighted by Gasteiger charge is -2.35. The van der Waals surface area contributed by atoms with E-state index in [-0.39, 0.29) is 37.8 Å². The molecule has 0 bridgehead atoms. The van der Waals surface area contributed by atoms with Gasteiger partial charge in [-0.05, 0) is 24.3 Å².